The van der Waals surface area contributed by atoms with E-state index in [2.05, 4.69) is 55.6 Å². The van der Waals surface area contributed by atoms with E-state index in [4.69, 9.17) is 9.05 Å². The van der Waals surface area contributed by atoms with Crippen molar-refractivity contribution in [2.45, 2.75) is 283 Å². The van der Waals surface area contributed by atoms with Gasteiger partial charge in [-0.3, -0.25) is 9.36 Å². The first-order chi connectivity index (χ1) is 33.0. The molecule has 1 amide bonds. The van der Waals surface area contributed by atoms with E-state index in [1.165, 1.54) is 199 Å². The van der Waals surface area contributed by atoms with Gasteiger partial charge in [-0.25, -0.2) is 0 Å². The number of amides is 1. The molecule has 0 fully saturated rings. The summed E-state index contributed by atoms with van der Waals surface area (Å²) in [5, 5.41) is 13.8. The molecule has 8 nitrogen and oxygen atoms in total. The number of aliphatic hydroxyl groups is 1. The van der Waals surface area contributed by atoms with Crippen LogP contribution in [0.4, 0.5) is 0 Å². The number of nitrogens with one attached hydrogen (secondary N) is 1. The smallest absolute Gasteiger partial charge is 0.268 e. The van der Waals surface area contributed by atoms with Gasteiger partial charge in [0, 0.05) is 6.42 Å². The van der Waals surface area contributed by atoms with Crippen molar-refractivity contribution in [2.75, 3.05) is 40.9 Å². The Morgan fingerprint density at radius 2 is 0.853 bits per heavy atom. The summed E-state index contributed by atoms with van der Waals surface area (Å²) in [5.41, 5.74) is 0. The number of hydrogen-bond acceptors (Lipinski definition) is 6. The van der Waals surface area contributed by atoms with E-state index in [9.17, 15) is 19.4 Å². The molecule has 400 valence electrons. The standard InChI is InChI=1S/C59H113N2O6P/c1-6-8-10-12-14-16-18-19-20-21-22-23-24-25-26-27-28-29-30-31-32-33-34-35-36-37-38-39-40-41-43-45-47-49-51-53-59(63)60-57(56-67-68(64,65)66-55-54-61(3,4)5)58(62)52-50-48-46-44-42-17-15-13-11-9-7-2/h11,13,27-28,42,44,50,52,57-58,62H,6-10,12,14-26,29-41,43,45-49,51,53-56H2,1-5H3,(H-,60,63,64,65)/b13-11+,28-27-,44-42+,52-50+. The molecule has 0 aromatic rings. The van der Waals surface area contributed by atoms with Crippen molar-refractivity contribution in [3.63, 3.8) is 0 Å². The van der Waals surface area contributed by atoms with Crippen LogP contribution in [0.15, 0.2) is 48.6 Å². The lowest BCUT2D eigenvalue weighted by molar-refractivity contribution is -0.870. The van der Waals surface area contributed by atoms with Gasteiger partial charge < -0.3 is 28.8 Å². The van der Waals surface area contributed by atoms with Crippen molar-refractivity contribution >= 4 is 13.7 Å². The lowest BCUT2D eigenvalue weighted by Gasteiger charge is -2.29. The Labute approximate surface area is 422 Å². The summed E-state index contributed by atoms with van der Waals surface area (Å²) in [6.45, 7) is 4.56. The molecule has 2 N–H and O–H groups in total. The second kappa shape index (κ2) is 50.4. The summed E-state index contributed by atoms with van der Waals surface area (Å²) < 4.78 is 23.2. The summed E-state index contributed by atoms with van der Waals surface area (Å²) in [6.07, 6.45) is 66.6. The maximum Gasteiger partial charge on any atom is 0.268 e. The highest BCUT2D eigenvalue weighted by Crippen LogP contribution is 2.38. The summed E-state index contributed by atoms with van der Waals surface area (Å²) in [4.78, 5) is 25.4. The summed E-state index contributed by atoms with van der Waals surface area (Å²) in [6, 6.07) is -0.908. The Morgan fingerprint density at radius 3 is 1.25 bits per heavy atom. The Bertz CT molecular complexity index is 1250. The van der Waals surface area contributed by atoms with Crippen LogP contribution in [0.25, 0.3) is 0 Å². The Kier molecular flexibility index (Phi) is 49.3. The van der Waals surface area contributed by atoms with Crippen LogP contribution >= 0.6 is 7.82 Å². The molecule has 0 heterocycles. The number of hydrogen-bond donors (Lipinski definition) is 2. The molecule has 0 aliphatic heterocycles. The van der Waals surface area contributed by atoms with Gasteiger partial charge in [-0.2, -0.15) is 0 Å². The molecule has 3 atom stereocenters. The molecule has 0 bridgehead atoms. The maximum absolute atomic E-state index is 12.9. The van der Waals surface area contributed by atoms with Crippen LogP contribution in [0.3, 0.4) is 0 Å². The zero-order chi connectivity index (χ0) is 49.9. The first-order valence-electron chi connectivity index (χ1n) is 29.0. The number of rotatable bonds is 53. The predicted octanol–water partition coefficient (Wildman–Crippen LogP) is 16.9. The van der Waals surface area contributed by atoms with Gasteiger partial charge >= 0.3 is 0 Å². The predicted molar refractivity (Wildman–Crippen MR) is 293 cm³/mol. The molecule has 0 aromatic carbocycles. The molecule has 0 aromatic heterocycles. The highest BCUT2D eigenvalue weighted by molar-refractivity contribution is 7.45. The fourth-order valence-corrected chi connectivity index (χ4v) is 9.15. The number of carbonyl (C=O) groups is 1. The minimum atomic E-state index is -4.60. The average molecular weight is 978 g/mol. The topological polar surface area (TPSA) is 108 Å². The normalized spacial score (nSPS) is 14.3. The van der Waals surface area contributed by atoms with E-state index in [-0.39, 0.29) is 12.5 Å². The number of carbonyl (C=O) groups excluding carboxylic acids is 1. The van der Waals surface area contributed by atoms with Crippen molar-refractivity contribution < 1.29 is 32.9 Å². The molecular formula is C59H113N2O6P. The largest absolute Gasteiger partial charge is 0.756 e. The minimum absolute atomic E-state index is 0.00911. The molecular weight excluding hydrogens is 864 g/mol. The molecule has 0 saturated carbocycles. The van der Waals surface area contributed by atoms with E-state index >= 15 is 0 Å². The monoisotopic (exact) mass is 977 g/mol. The zero-order valence-electron chi connectivity index (χ0n) is 45.6. The fraction of sp³-hybridized carbons (Fsp3) is 0.847. The van der Waals surface area contributed by atoms with E-state index in [1.54, 1.807) is 6.08 Å². The molecule has 0 rings (SSSR count). The van der Waals surface area contributed by atoms with Crippen molar-refractivity contribution in [3.05, 3.63) is 48.6 Å². The third kappa shape index (κ3) is 52.3. The van der Waals surface area contributed by atoms with Crippen LogP contribution in [-0.2, 0) is 18.4 Å². The second-order valence-electron chi connectivity index (χ2n) is 21.0. The van der Waals surface area contributed by atoms with E-state index in [1.807, 2.05) is 27.2 Å². The molecule has 0 spiro atoms. The first kappa shape index (κ1) is 66.5. The van der Waals surface area contributed by atoms with Crippen LogP contribution in [0.1, 0.15) is 271 Å². The quantitative estimate of drug-likeness (QED) is 0.0272. The highest BCUT2D eigenvalue weighted by atomic mass is 31.2. The number of unbranched alkanes of at least 4 members (excludes halogenated alkanes) is 34. The minimum Gasteiger partial charge on any atom is -0.756 e. The number of nitrogens with zero attached hydrogens (tertiary/aromatic N) is 1. The highest BCUT2D eigenvalue weighted by Gasteiger charge is 2.23. The van der Waals surface area contributed by atoms with Crippen LogP contribution < -0.4 is 10.2 Å². The maximum atomic E-state index is 12.9. The number of likely N-dealkylation sites (N-methyl/N-ethyl adjacent to an activating group) is 1. The number of phosphoric acid groups is 1. The van der Waals surface area contributed by atoms with Gasteiger partial charge in [0.15, 0.2) is 0 Å². The molecule has 0 radical (unpaired) electrons. The Balaban J connectivity index is 3.93. The lowest BCUT2D eigenvalue weighted by Crippen LogP contribution is -2.45. The van der Waals surface area contributed by atoms with E-state index in [0.29, 0.717) is 17.4 Å². The third-order valence-corrected chi connectivity index (χ3v) is 13.9. The van der Waals surface area contributed by atoms with Crippen molar-refractivity contribution in [1.82, 2.24) is 5.32 Å². The SMILES string of the molecule is CCC/C=C/CC/C=C/CC/C=C/C(O)C(COP(=O)([O-])OCC[N+](C)(C)C)NC(=O)CCCCCCCCCCCCCCCCCCC/C=C\CCCCCCCCCCCCCCCC. The fourth-order valence-electron chi connectivity index (χ4n) is 8.42. The number of aliphatic hydroxyl groups excluding tert-OH is 1. The Morgan fingerprint density at radius 1 is 0.500 bits per heavy atom. The van der Waals surface area contributed by atoms with E-state index < -0.39 is 26.6 Å². The van der Waals surface area contributed by atoms with Gasteiger partial charge in [-0.05, 0) is 64.2 Å². The van der Waals surface area contributed by atoms with E-state index in [0.717, 1.165) is 51.4 Å². The van der Waals surface area contributed by atoms with Crippen LogP contribution in [0.2, 0.25) is 0 Å². The Hall–Kier alpha value is -1.54. The zero-order valence-corrected chi connectivity index (χ0v) is 46.5. The van der Waals surface area contributed by atoms with Crippen molar-refractivity contribution in [1.29, 1.82) is 0 Å². The van der Waals surface area contributed by atoms with Gasteiger partial charge in [0.2, 0.25) is 5.91 Å². The summed E-state index contributed by atoms with van der Waals surface area (Å²) in [7, 11) is 1.24. The number of quaternary nitrogens is 1. The molecule has 9 heteroatoms. The molecule has 0 aliphatic carbocycles. The summed E-state index contributed by atoms with van der Waals surface area (Å²) >= 11 is 0. The summed E-state index contributed by atoms with van der Waals surface area (Å²) in [5.74, 6) is -0.211. The molecule has 68 heavy (non-hydrogen) atoms. The van der Waals surface area contributed by atoms with Crippen LogP contribution in [-0.4, -0.2) is 68.5 Å². The molecule has 0 aliphatic rings. The molecule has 0 saturated heterocycles. The number of allylic oxidation sites excluding steroid dienone is 7. The van der Waals surface area contributed by atoms with Crippen molar-refractivity contribution in [3.8, 4) is 0 Å². The van der Waals surface area contributed by atoms with Crippen LogP contribution in [0, 0.1) is 0 Å². The lowest BCUT2D eigenvalue weighted by atomic mass is 10.0. The third-order valence-electron chi connectivity index (χ3n) is 13.0. The van der Waals surface area contributed by atoms with Crippen LogP contribution in [0.5, 0.6) is 0 Å². The van der Waals surface area contributed by atoms with Gasteiger partial charge in [-0.15, -0.1) is 0 Å². The van der Waals surface area contributed by atoms with Crippen molar-refractivity contribution in [2.24, 2.45) is 0 Å². The number of phosphoric ester groups is 1. The van der Waals surface area contributed by atoms with Gasteiger partial charge in [0.25, 0.3) is 7.82 Å². The van der Waals surface area contributed by atoms with Gasteiger partial charge in [-0.1, -0.05) is 249 Å². The molecule has 3 unspecified atom stereocenters. The van der Waals surface area contributed by atoms with Gasteiger partial charge in [0.1, 0.15) is 13.2 Å². The van der Waals surface area contributed by atoms with Gasteiger partial charge in [0.05, 0.1) is 39.9 Å². The first-order valence-corrected chi connectivity index (χ1v) is 30.5. The second-order valence-corrected chi connectivity index (χ2v) is 22.4. The average Bonchev–Trinajstić information content (AvgIpc) is 3.30.